The maximum absolute atomic E-state index is 12.8. The van der Waals surface area contributed by atoms with E-state index in [9.17, 15) is 13.2 Å². The van der Waals surface area contributed by atoms with Crippen LogP contribution in [-0.2, 0) is 27.9 Å². The highest BCUT2D eigenvalue weighted by Crippen LogP contribution is 2.23. The average Bonchev–Trinajstić information content (AvgIpc) is 3.17. The number of nitrogens with one attached hydrogen (secondary N) is 1. The van der Waals surface area contributed by atoms with Crippen LogP contribution in [0.4, 0.5) is 0 Å². The second kappa shape index (κ2) is 8.01. The molecule has 8 heteroatoms. The Bertz CT molecular complexity index is 848. The Hall–Kier alpha value is -2.19. The SMILES string of the molecule is CCn1cnc(S(=O)(=O)N2CCC[C@H](C(=O)NCc3ccccc3)C2)c1. The van der Waals surface area contributed by atoms with Crippen LogP contribution in [0.3, 0.4) is 0 Å². The van der Waals surface area contributed by atoms with E-state index in [0.717, 1.165) is 5.56 Å². The number of piperidine rings is 1. The summed E-state index contributed by atoms with van der Waals surface area (Å²) in [4.78, 5) is 16.5. The predicted molar refractivity (Wildman–Crippen MR) is 97.7 cm³/mol. The van der Waals surface area contributed by atoms with Gasteiger partial charge in [-0.2, -0.15) is 4.31 Å². The van der Waals surface area contributed by atoms with Crippen molar-refractivity contribution in [2.24, 2.45) is 5.92 Å². The molecule has 0 radical (unpaired) electrons. The molecule has 0 bridgehead atoms. The molecular weight excluding hydrogens is 352 g/mol. The van der Waals surface area contributed by atoms with Crippen LogP contribution in [0.25, 0.3) is 0 Å². The third-order valence-corrected chi connectivity index (χ3v) is 6.39. The lowest BCUT2D eigenvalue weighted by Gasteiger charge is -2.30. The van der Waals surface area contributed by atoms with Crippen molar-refractivity contribution in [3.8, 4) is 0 Å². The number of amides is 1. The standard InChI is InChI=1S/C18H24N4O3S/c1-2-21-13-17(20-14-21)26(24,25)22-10-6-9-16(12-22)18(23)19-11-15-7-4-3-5-8-15/h3-5,7-8,13-14,16H,2,6,9-12H2,1H3,(H,19,23)/t16-/m0/s1. The lowest BCUT2D eigenvalue weighted by Crippen LogP contribution is -2.45. The summed E-state index contributed by atoms with van der Waals surface area (Å²) in [5.74, 6) is -0.441. The number of imidazole rings is 1. The first kappa shape index (κ1) is 18.6. The van der Waals surface area contributed by atoms with E-state index in [1.54, 1.807) is 4.57 Å². The molecule has 1 aliphatic heterocycles. The van der Waals surface area contributed by atoms with E-state index in [2.05, 4.69) is 10.3 Å². The van der Waals surface area contributed by atoms with Gasteiger partial charge in [-0.05, 0) is 25.3 Å². The van der Waals surface area contributed by atoms with Gasteiger partial charge in [-0.25, -0.2) is 13.4 Å². The number of aromatic nitrogens is 2. The Morgan fingerprint density at radius 3 is 2.77 bits per heavy atom. The van der Waals surface area contributed by atoms with Gasteiger partial charge in [-0.1, -0.05) is 30.3 Å². The first-order chi connectivity index (χ1) is 12.5. The number of hydrogen-bond acceptors (Lipinski definition) is 4. The fourth-order valence-electron chi connectivity index (χ4n) is 3.08. The van der Waals surface area contributed by atoms with E-state index < -0.39 is 10.0 Å². The molecule has 7 nitrogen and oxygen atoms in total. The number of carbonyl (C=O) groups excluding carboxylic acids is 1. The highest BCUT2D eigenvalue weighted by Gasteiger charge is 2.34. The van der Waals surface area contributed by atoms with Crippen molar-refractivity contribution in [3.63, 3.8) is 0 Å². The summed E-state index contributed by atoms with van der Waals surface area (Å²) >= 11 is 0. The minimum Gasteiger partial charge on any atom is -0.352 e. The van der Waals surface area contributed by atoms with Crippen LogP contribution in [0.5, 0.6) is 0 Å². The molecule has 1 saturated heterocycles. The Balaban J connectivity index is 1.63. The number of carbonyl (C=O) groups is 1. The fourth-order valence-corrected chi connectivity index (χ4v) is 4.54. The largest absolute Gasteiger partial charge is 0.352 e. The zero-order valence-corrected chi connectivity index (χ0v) is 15.7. The van der Waals surface area contributed by atoms with Crippen LogP contribution in [0, 0.1) is 5.92 Å². The van der Waals surface area contributed by atoms with Crippen LogP contribution in [0.2, 0.25) is 0 Å². The van der Waals surface area contributed by atoms with E-state index in [1.807, 2.05) is 37.3 Å². The summed E-state index contributed by atoms with van der Waals surface area (Å²) in [6.07, 6.45) is 4.41. The molecule has 0 spiro atoms. The molecule has 140 valence electrons. The van der Waals surface area contributed by atoms with Crippen molar-refractivity contribution in [2.75, 3.05) is 13.1 Å². The maximum atomic E-state index is 12.8. The van der Waals surface area contributed by atoms with E-state index in [-0.39, 0.29) is 23.4 Å². The van der Waals surface area contributed by atoms with E-state index in [1.165, 1.54) is 16.8 Å². The van der Waals surface area contributed by atoms with Crippen LogP contribution in [-0.4, -0.2) is 41.3 Å². The van der Waals surface area contributed by atoms with E-state index in [0.29, 0.717) is 32.5 Å². The van der Waals surface area contributed by atoms with Crippen LogP contribution in [0.15, 0.2) is 47.9 Å². The van der Waals surface area contributed by atoms with E-state index >= 15 is 0 Å². The highest BCUT2D eigenvalue weighted by atomic mass is 32.2. The van der Waals surface area contributed by atoms with Gasteiger partial charge >= 0.3 is 0 Å². The molecule has 0 aliphatic carbocycles. The summed E-state index contributed by atoms with van der Waals surface area (Å²) in [5, 5.41) is 2.96. The summed E-state index contributed by atoms with van der Waals surface area (Å²) < 4.78 is 28.7. The predicted octanol–water partition coefficient (Wildman–Crippen LogP) is 1.62. The van der Waals surface area contributed by atoms with Crippen molar-refractivity contribution in [1.29, 1.82) is 0 Å². The minimum absolute atomic E-state index is 0.0460. The van der Waals surface area contributed by atoms with Gasteiger partial charge in [0.05, 0.1) is 12.2 Å². The Morgan fingerprint density at radius 1 is 1.31 bits per heavy atom. The smallest absolute Gasteiger partial charge is 0.262 e. The van der Waals surface area contributed by atoms with Crippen LogP contribution in [0.1, 0.15) is 25.3 Å². The average molecular weight is 376 g/mol. The molecule has 1 atom stereocenters. The van der Waals surface area contributed by atoms with Crippen molar-refractivity contribution in [2.45, 2.75) is 37.9 Å². The summed E-state index contributed by atoms with van der Waals surface area (Å²) in [5.41, 5.74) is 1.02. The molecule has 1 aromatic heterocycles. The molecule has 1 fully saturated rings. The first-order valence-corrected chi connectivity index (χ1v) is 10.3. The Morgan fingerprint density at radius 2 is 2.08 bits per heavy atom. The van der Waals surface area contributed by atoms with Crippen LogP contribution >= 0.6 is 0 Å². The number of sulfonamides is 1. The van der Waals surface area contributed by atoms with Crippen molar-refractivity contribution < 1.29 is 13.2 Å². The molecule has 2 aromatic rings. The monoisotopic (exact) mass is 376 g/mol. The molecule has 1 amide bonds. The van der Waals surface area contributed by atoms with Gasteiger partial charge in [0, 0.05) is 32.4 Å². The molecule has 1 aliphatic rings. The van der Waals surface area contributed by atoms with Gasteiger partial charge < -0.3 is 9.88 Å². The fraction of sp³-hybridized carbons (Fsp3) is 0.444. The van der Waals surface area contributed by atoms with Gasteiger partial charge in [-0.3, -0.25) is 4.79 Å². The van der Waals surface area contributed by atoms with E-state index in [4.69, 9.17) is 0 Å². The maximum Gasteiger partial charge on any atom is 0.262 e. The lowest BCUT2D eigenvalue weighted by atomic mass is 9.99. The van der Waals surface area contributed by atoms with Gasteiger partial charge in [0.1, 0.15) is 0 Å². The molecule has 26 heavy (non-hydrogen) atoms. The number of rotatable bonds is 6. The Kier molecular flexibility index (Phi) is 5.73. The van der Waals surface area contributed by atoms with Gasteiger partial charge in [0.15, 0.2) is 5.03 Å². The van der Waals surface area contributed by atoms with Crippen molar-refractivity contribution in [3.05, 3.63) is 48.4 Å². The third-order valence-electron chi connectivity index (χ3n) is 4.64. The molecular formula is C18H24N4O3S. The second-order valence-electron chi connectivity index (χ2n) is 6.45. The molecule has 3 rings (SSSR count). The second-order valence-corrected chi connectivity index (χ2v) is 8.33. The zero-order chi connectivity index (χ0) is 18.6. The molecule has 1 aromatic carbocycles. The first-order valence-electron chi connectivity index (χ1n) is 8.84. The molecule has 0 saturated carbocycles. The number of nitrogens with zero attached hydrogens (tertiary/aromatic N) is 3. The lowest BCUT2D eigenvalue weighted by molar-refractivity contribution is -0.126. The van der Waals surface area contributed by atoms with Gasteiger partial charge in [0.25, 0.3) is 10.0 Å². The minimum atomic E-state index is -3.66. The topological polar surface area (TPSA) is 84.3 Å². The van der Waals surface area contributed by atoms with Crippen LogP contribution < -0.4 is 5.32 Å². The van der Waals surface area contributed by atoms with Gasteiger partial charge in [-0.15, -0.1) is 0 Å². The normalized spacial score (nSPS) is 18.6. The highest BCUT2D eigenvalue weighted by molar-refractivity contribution is 7.89. The van der Waals surface area contributed by atoms with Crippen molar-refractivity contribution >= 4 is 15.9 Å². The van der Waals surface area contributed by atoms with Crippen molar-refractivity contribution in [1.82, 2.24) is 19.2 Å². The number of aryl methyl sites for hydroxylation is 1. The summed E-state index contributed by atoms with van der Waals surface area (Å²) in [6.45, 7) is 3.65. The summed E-state index contributed by atoms with van der Waals surface area (Å²) in [7, 11) is -3.66. The zero-order valence-electron chi connectivity index (χ0n) is 14.8. The third kappa shape index (κ3) is 4.13. The number of hydrogen-bond donors (Lipinski definition) is 1. The molecule has 1 N–H and O–H groups in total. The molecule has 0 unspecified atom stereocenters. The quantitative estimate of drug-likeness (QED) is 0.830. The molecule has 2 heterocycles. The number of benzene rings is 1. The van der Waals surface area contributed by atoms with Gasteiger partial charge in [0.2, 0.25) is 5.91 Å². The Labute approximate surface area is 154 Å². The summed E-state index contributed by atoms with van der Waals surface area (Å²) in [6, 6.07) is 9.66.